The zero-order valence-corrected chi connectivity index (χ0v) is 18.6. The molecular weight excluding hydrogens is 402 g/mol. The molecule has 0 radical (unpaired) electrons. The minimum absolute atomic E-state index is 0.930. The van der Waals surface area contributed by atoms with Gasteiger partial charge >= 0.3 is 0 Å². The van der Waals surface area contributed by atoms with Crippen LogP contribution in [0.1, 0.15) is 5.56 Å². The number of hydrogen-bond donors (Lipinski definition) is 0. The molecule has 156 valence electrons. The van der Waals surface area contributed by atoms with Crippen LogP contribution < -0.4 is 4.57 Å². The number of benzene rings is 5. The topological polar surface area (TPSA) is 17.0 Å². The summed E-state index contributed by atoms with van der Waals surface area (Å²) in [4.78, 5) is 0. The van der Waals surface area contributed by atoms with Gasteiger partial charge in [0, 0.05) is 33.7 Å². The fourth-order valence-electron chi connectivity index (χ4n) is 5.37. The van der Waals surface area contributed by atoms with Gasteiger partial charge in [-0.05, 0) is 59.0 Å². The molecule has 0 bridgehead atoms. The SMILES string of the molecule is Cc1cc2c(cc1-c1ccc3ccccc3[n+]1C)oc1c2ccc2ccc3ccccc3c21. The molecule has 33 heavy (non-hydrogen) atoms. The molecule has 7 rings (SSSR count). The van der Waals surface area contributed by atoms with Crippen LogP contribution in [0.3, 0.4) is 0 Å². The second-order valence-electron chi connectivity index (χ2n) is 8.93. The van der Waals surface area contributed by atoms with E-state index in [1.807, 2.05) is 0 Å². The Morgan fingerprint density at radius 3 is 2.27 bits per heavy atom. The van der Waals surface area contributed by atoms with Crippen molar-refractivity contribution in [2.24, 2.45) is 7.05 Å². The third-order valence-electron chi connectivity index (χ3n) is 7.05. The predicted molar refractivity (Wildman–Crippen MR) is 138 cm³/mol. The first-order valence-corrected chi connectivity index (χ1v) is 11.3. The van der Waals surface area contributed by atoms with Crippen molar-refractivity contribution in [1.29, 1.82) is 0 Å². The van der Waals surface area contributed by atoms with E-state index in [0.29, 0.717) is 0 Å². The lowest BCUT2D eigenvalue weighted by Gasteiger charge is -2.07. The van der Waals surface area contributed by atoms with Gasteiger partial charge in [-0.25, -0.2) is 0 Å². The maximum Gasteiger partial charge on any atom is 0.213 e. The Bertz CT molecular complexity index is 1890. The van der Waals surface area contributed by atoms with Crippen LogP contribution in [-0.4, -0.2) is 0 Å². The van der Waals surface area contributed by atoms with E-state index in [1.54, 1.807) is 0 Å². The predicted octanol–water partition coefficient (Wildman–Crippen LogP) is 7.85. The Balaban J connectivity index is 1.56. The number of rotatable bonds is 1. The molecule has 0 amide bonds. The number of furan rings is 1. The first-order valence-electron chi connectivity index (χ1n) is 11.3. The van der Waals surface area contributed by atoms with E-state index in [9.17, 15) is 0 Å². The summed E-state index contributed by atoms with van der Waals surface area (Å²) in [7, 11) is 2.14. The van der Waals surface area contributed by atoms with E-state index in [2.05, 4.69) is 116 Å². The molecule has 5 aromatic carbocycles. The number of para-hydroxylation sites is 1. The Morgan fingerprint density at radius 2 is 1.36 bits per heavy atom. The smallest absolute Gasteiger partial charge is 0.213 e. The molecule has 0 atom stereocenters. The standard InChI is InChI=1S/C31H22NO/c1-19-17-26-24-15-13-22-12-11-20-7-3-5-9-23(20)30(22)31(24)33-29(26)18-25(19)28-16-14-21-8-4-6-10-27(21)32(28)2/h3-18H,1-2H3/q+1. The van der Waals surface area contributed by atoms with Crippen LogP contribution in [0, 0.1) is 6.92 Å². The summed E-state index contributed by atoms with van der Waals surface area (Å²) in [5, 5.41) is 8.45. The summed E-state index contributed by atoms with van der Waals surface area (Å²) in [6.45, 7) is 2.19. The van der Waals surface area contributed by atoms with Crippen molar-refractivity contribution in [1.82, 2.24) is 0 Å². The summed E-state index contributed by atoms with van der Waals surface area (Å²) in [6, 6.07) is 34.8. The van der Waals surface area contributed by atoms with Crippen LogP contribution in [0.25, 0.3) is 65.6 Å². The van der Waals surface area contributed by atoms with Crippen LogP contribution >= 0.6 is 0 Å². The maximum atomic E-state index is 6.61. The zero-order chi connectivity index (χ0) is 22.1. The second-order valence-corrected chi connectivity index (χ2v) is 8.93. The molecule has 2 nitrogen and oxygen atoms in total. The highest BCUT2D eigenvalue weighted by Crippen LogP contribution is 2.39. The number of fused-ring (bicyclic) bond motifs is 8. The van der Waals surface area contributed by atoms with E-state index < -0.39 is 0 Å². The minimum Gasteiger partial charge on any atom is -0.455 e. The molecule has 0 unspecified atom stereocenters. The van der Waals surface area contributed by atoms with Crippen LogP contribution in [0.2, 0.25) is 0 Å². The van der Waals surface area contributed by atoms with Crippen molar-refractivity contribution < 1.29 is 8.98 Å². The number of aryl methyl sites for hydroxylation is 2. The van der Waals surface area contributed by atoms with Crippen molar-refractivity contribution in [3.63, 3.8) is 0 Å². The van der Waals surface area contributed by atoms with Gasteiger partial charge in [-0.1, -0.05) is 54.6 Å². The molecule has 7 aromatic rings. The molecule has 2 aromatic heterocycles. The van der Waals surface area contributed by atoms with E-state index in [4.69, 9.17) is 4.42 Å². The van der Waals surface area contributed by atoms with E-state index in [1.165, 1.54) is 60.0 Å². The van der Waals surface area contributed by atoms with E-state index >= 15 is 0 Å². The number of pyridine rings is 1. The Kier molecular flexibility index (Phi) is 3.72. The molecule has 0 saturated heterocycles. The van der Waals surface area contributed by atoms with Gasteiger partial charge in [0.15, 0.2) is 0 Å². The van der Waals surface area contributed by atoms with Gasteiger partial charge in [0.25, 0.3) is 0 Å². The highest BCUT2D eigenvalue weighted by Gasteiger charge is 2.19. The summed E-state index contributed by atoms with van der Waals surface area (Å²) in [6.07, 6.45) is 0. The van der Waals surface area contributed by atoms with Gasteiger partial charge in [0.1, 0.15) is 18.2 Å². The van der Waals surface area contributed by atoms with Gasteiger partial charge in [0.05, 0.1) is 5.56 Å². The molecule has 0 spiro atoms. The van der Waals surface area contributed by atoms with Crippen molar-refractivity contribution in [2.45, 2.75) is 6.92 Å². The van der Waals surface area contributed by atoms with Crippen molar-refractivity contribution in [2.75, 3.05) is 0 Å². The summed E-state index contributed by atoms with van der Waals surface area (Å²) < 4.78 is 8.88. The van der Waals surface area contributed by atoms with Gasteiger partial charge in [-0.2, -0.15) is 4.57 Å². The molecule has 0 saturated carbocycles. The number of aromatic nitrogens is 1. The van der Waals surface area contributed by atoms with Crippen LogP contribution in [0.5, 0.6) is 0 Å². The first-order chi connectivity index (χ1) is 16.2. The van der Waals surface area contributed by atoms with Crippen LogP contribution in [0.4, 0.5) is 0 Å². The first kappa shape index (κ1) is 18.4. The van der Waals surface area contributed by atoms with Crippen molar-refractivity contribution in [3.8, 4) is 11.3 Å². The number of hydrogen-bond acceptors (Lipinski definition) is 1. The molecular formula is C31H22NO+. The highest BCUT2D eigenvalue weighted by molar-refractivity contribution is 6.23. The monoisotopic (exact) mass is 424 g/mol. The third kappa shape index (κ3) is 2.58. The lowest BCUT2D eigenvalue weighted by atomic mass is 9.98. The fourth-order valence-corrected chi connectivity index (χ4v) is 5.37. The van der Waals surface area contributed by atoms with Crippen LogP contribution in [0.15, 0.2) is 101 Å². The van der Waals surface area contributed by atoms with Crippen molar-refractivity contribution in [3.05, 3.63) is 103 Å². The van der Waals surface area contributed by atoms with Gasteiger partial charge in [-0.3, -0.25) is 0 Å². The highest BCUT2D eigenvalue weighted by atomic mass is 16.3. The average molecular weight is 425 g/mol. The summed E-state index contributed by atoms with van der Waals surface area (Å²) >= 11 is 0. The summed E-state index contributed by atoms with van der Waals surface area (Å²) in [5.41, 5.74) is 6.75. The minimum atomic E-state index is 0.930. The largest absolute Gasteiger partial charge is 0.455 e. The Morgan fingerprint density at radius 1 is 0.636 bits per heavy atom. The maximum absolute atomic E-state index is 6.61. The zero-order valence-electron chi connectivity index (χ0n) is 18.6. The molecule has 0 aliphatic heterocycles. The Labute approximate surface area is 191 Å². The quantitative estimate of drug-likeness (QED) is 0.194. The number of nitrogens with zero attached hydrogens (tertiary/aromatic N) is 1. The van der Waals surface area contributed by atoms with Crippen LogP contribution in [-0.2, 0) is 7.05 Å². The lowest BCUT2D eigenvalue weighted by molar-refractivity contribution is -0.633. The van der Waals surface area contributed by atoms with E-state index in [0.717, 1.165) is 11.2 Å². The third-order valence-corrected chi connectivity index (χ3v) is 7.05. The molecule has 2 heterocycles. The molecule has 0 aliphatic rings. The van der Waals surface area contributed by atoms with Crippen molar-refractivity contribution >= 4 is 54.4 Å². The summed E-state index contributed by atoms with van der Waals surface area (Å²) in [5.74, 6) is 0. The molecule has 2 heteroatoms. The molecule has 0 aliphatic carbocycles. The Hall–Kier alpha value is -4.17. The second kappa shape index (κ2) is 6.66. The van der Waals surface area contributed by atoms with E-state index in [-0.39, 0.29) is 0 Å². The lowest BCUT2D eigenvalue weighted by Crippen LogP contribution is -2.32. The fraction of sp³-hybridized carbons (Fsp3) is 0.0645. The molecule has 0 N–H and O–H groups in total. The van der Waals surface area contributed by atoms with Gasteiger partial charge in [-0.15, -0.1) is 0 Å². The molecule has 0 fully saturated rings. The van der Waals surface area contributed by atoms with Gasteiger partial charge in [0.2, 0.25) is 11.2 Å². The average Bonchev–Trinajstić information content (AvgIpc) is 3.21. The van der Waals surface area contributed by atoms with Gasteiger partial charge < -0.3 is 4.42 Å². The normalized spacial score (nSPS) is 11.9.